The zero-order valence-electron chi connectivity index (χ0n) is 19.6. The molecule has 0 aliphatic carbocycles. The van der Waals surface area contributed by atoms with Crippen molar-refractivity contribution >= 4 is 7.60 Å². The van der Waals surface area contributed by atoms with Gasteiger partial charge in [-0.25, -0.2) is 0 Å². The van der Waals surface area contributed by atoms with Crippen LogP contribution in [0.3, 0.4) is 0 Å². The summed E-state index contributed by atoms with van der Waals surface area (Å²) in [5, 5.41) is 0.997. The fourth-order valence-corrected chi connectivity index (χ4v) is 4.25. The van der Waals surface area contributed by atoms with Crippen molar-refractivity contribution in [3.05, 3.63) is 0 Å². The Morgan fingerprint density at radius 1 is 0.517 bits per heavy atom. The normalized spacial score (nSPS) is 11.4. The Balaban J connectivity index is 0. The second-order valence-electron chi connectivity index (χ2n) is 8.41. The van der Waals surface area contributed by atoms with Crippen LogP contribution in [0.2, 0.25) is 5.39 Å². The van der Waals surface area contributed by atoms with E-state index in [9.17, 15) is 4.57 Å². The Morgan fingerprint density at radius 2 is 0.793 bits per heavy atom. The van der Waals surface area contributed by atoms with Gasteiger partial charge < -0.3 is 9.79 Å². The van der Waals surface area contributed by atoms with Crippen LogP contribution in [-0.4, -0.2) is 15.9 Å². The van der Waals surface area contributed by atoms with Crippen LogP contribution in [-0.2, 0) is 20.0 Å². The van der Waals surface area contributed by atoms with Gasteiger partial charge in [-0.3, -0.25) is 4.57 Å². The summed E-state index contributed by atoms with van der Waals surface area (Å²) in [5.74, 6) is 0. The molecule has 0 spiro atoms. The summed E-state index contributed by atoms with van der Waals surface area (Å²) in [6.07, 6.45) is 26.0. The Kier molecular flexibility index (Phi) is 29.3. The van der Waals surface area contributed by atoms with Gasteiger partial charge in [-0.05, 0) is 6.42 Å². The van der Waals surface area contributed by atoms with Crippen LogP contribution in [0.4, 0.5) is 0 Å². The van der Waals surface area contributed by atoms with Crippen LogP contribution in [0.5, 0.6) is 0 Å². The van der Waals surface area contributed by atoms with Gasteiger partial charge in [0.2, 0.25) is 0 Å². The van der Waals surface area contributed by atoms with Crippen molar-refractivity contribution in [3.63, 3.8) is 0 Å². The molecule has 2 N–H and O–H groups in total. The first-order chi connectivity index (χ1) is 14.0. The van der Waals surface area contributed by atoms with Crippen LogP contribution in [0.15, 0.2) is 0 Å². The molecule has 0 aromatic heterocycles. The molecular weight excluding hydrogens is 426 g/mol. The minimum absolute atomic E-state index is 0.0590. The zero-order valence-corrected chi connectivity index (χ0v) is 21.5. The Labute approximate surface area is 191 Å². The van der Waals surface area contributed by atoms with Crippen molar-refractivity contribution < 1.29 is 29.8 Å². The minimum atomic E-state index is -3.74. The van der Waals surface area contributed by atoms with Crippen LogP contribution >= 0.6 is 7.60 Å². The second-order valence-corrected chi connectivity index (χ2v) is 10.7. The quantitative estimate of drug-likeness (QED) is 0.0984. The molecule has 0 amide bonds. The predicted octanol–water partition coefficient (Wildman–Crippen LogP) is 8.96. The van der Waals surface area contributed by atoms with Gasteiger partial charge in [-0.1, -0.05) is 64.7 Å². The Morgan fingerprint density at radius 3 is 1.07 bits per heavy atom. The first-order valence-electron chi connectivity index (χ1n) is 12.5. The molecule has 0 unspecified atom stereocenters. The number of unbranched alkanes of at least 4 members (excludes halogenated alkanes) is 18. The third kappa shape index (κ3) is 36.4. The molecular formula is C24H52NiO3P. The monoisotopic (exact) mass is 477 g/mol. The number of hydrogen-bond donors (Lipinski definition) is 2. The van der Waals surface area contributed by atoms with Gasteiger partial charge >= 0.3 is 99.6 Å². The van der Waals surface area contributed by atoms with Gasteiger partial charge in [0.05, 0.1) is 0 Å². The van der Waals surface area contributed by atoms with Gasteiger partial charge in [-0.15, -0.1) is 0 Å². The van der Waals surface area contributed by atoms with E-state index in [1.807, 2.05) is 0 Å². The van der Waals surface area contributed by atoms with E-state index >= 15 is 0 Å². The molecule has 0 bridgehead atoms. The van der Waals surface area contributed by atoms with E-state index in [1.54, 1.807) is 0 Å². The Hall–Kier alpha value is 0.644. The van der Waals surface area contributed by atoms with Crippen molar-refractivity contribution in [1.29, 1.82) is 0 Å². The second kappa shape index (κ2) is 26.7. The average Bonchev–Trinajstić information content (AvgIpc) is 2.68. The van der Waals surface area contributed by atoms with Crippen molar-refractivity contribution in [3.8, 4) is 0 Å². The maximum atomic E-state index is 10.6. The fraction of sp³-hybridized carbons (Fsp3) is 1.00. The number of rotatable bonds is 21. The molecule has 181 valence electrons. The topological polar surface area (TPSA) is 57.5 Å². The van der Waals surface area contributed by atoms with Crippen LogP contribution in [0, 0.1) is 0 Å². The summed E-state index contributed by atoms with van der Waals surface area (Å²) in [5.41, 5.74) is 0. The summed E-state index contributed by atoms with van der Waals surface area (Å²) >= 11 is 4.64. The molecule has 0 radical (unpaired) electrons. The molecule has 0 atom stereocenters. The average molecular weight is 478 g/mol. The molecule has 0 aliphatic heterocycles. The van der Waals surface area contributed by atoms with E-state index in [1.165, 1.54) is 109 Å². The molecule has 0 saturated carbocycles. The van der Waals surface area contributed by atoms with Crippen molar-refractivity contribution in [1.82, 2.24) is 0 Å². The maximum absolute atomic E-state index is 10.6. The third-order valence-corrected chi connectivity index (χ3v) is 6.52. The van der Waals surface area contributed by atoms with Crippen molar-refractivity contribution in [2.75, 3.05) is 6.16 Å². The molecule has 0 saturated heterocycles. The van der Waals surface area contributed by atoms with E-state index < -0.39 is 7.60 Å². The molecule has 0 fully saturated rings. The summed E-state index contributed by atoms with van der Waals surface area (Å²) in [6, 6.07) is 0. The fourth-order valence-electron chi connectivity index (χ4n) is 3.37. The molecule has 0 heterocycles. The van der Waals surface area contributed by atoms with Crippen molar-refractivity contribution in [2.24, 2.45) is 0 Å². The Bertz CT molecular complexity index is 324. The van der Waals surface area contributed by atoms with E-state index in [0.29, 0.717) is 6.42 Å². The molecule has 5 heteroatoms. The van der Waals surface area contributed by atoms with E-state index in [-0.39, 0.29) is 6.16 Å². The summed E-state index contributed by atoms with van der Waals surface area (Å²) in [6.45, 7) is 4.50. The SMILES string of the molecule is CCCCCCCCCCCCP(=O)(O)O.CCCCCCCCCCC[CH2][Ni]. The van der Waals surface area contributed by atoms with Gasteiger partial charge in [-0.2, -0.15) is 0 Å². The molecule has 0 aliphatic rings. The third-order valence-electron chi connectivity index (χ3n) is 5.27. The number of hydrogen-bond acceptors (Lipinski definition) is 1. The summed E-state index contributed by atoms with van der Waals surface area (Å²) in [4.78, 5) is 17.3. The standard InChI is InChI=1S/C12H27O3P.C12H25.Ni/c1-2-3-4-5-6-7-8-9-10-11-12-16(13,14)15;1-3-5-7-9-11-12-10-8-6-4-2;/h2-12H2,1H3,(H2,13,14,15);1,3-12H2,2H3;. The molecule has 29 heavy (non-hydrogen) atoms. The molecule has 0 rings (SSSR count). The van der Waals surface area contributed by atoms with E-state index in [4.69, 9.17) is 9.79 Å². The van der Waals surface area contributed by atoms with Gasteiger partial charge in [0.1, 0.15) is 0 Å². The van der Waals surface area contributed by atoms with Gasteiger partial charge in [0.15, 0.2) is 0 Å². The van der Waals surface area contributed by atoms with Gasteiger partial charge in [0, 0.05) is 6.16 Å². The molecule has 0 aromatic carbocycles. The first kappa shape index (κ1) is 31.8. The molecule has 3 nitrogen and oxygen atoms in total. The van der Waals surface area contributed by atoms with Crippen LogP contribution in [0.25, 0.3) is 0 Å². The first-order valence-corrected chi connectivity index (χ1v) is 15.0. The summed E-state index contributed by atoms with van der Waals surface area (Å²) in [7, 11) is -3.74. The molecule has 0 aromatic rings. The van der Waals surface area contributed by atoms with E-state index in [2.05, 4.69) is 29.3 Å². The van der Waals surface area contributed by atoms with Crippen molar-refractivity contribution in [2.45, 2.75) is 148 Å². The van der Waals surface area contributed by atoms with Crippen LogP contribution in [0.1, 0.15) is 142 Å². The van der Waals surface area contributed by atoms with Gasteiger partial charge in [0.25, 0.3) is 0 Å². The van der Waals surface area contributed by atoms with Crippen LogP contribution < -0.4 is 0 Å². The predicted molar refractivity (Wildman–Crippen MR) is 125 cm³/mol. The van der Waals surface area contributed by atoms with E-state index in [0.717, 1.165) is 18.2 Å². The summed E-state index contributed by atoms with van der Waals surface area (Å²) < 4.78 is 10.6. The zero-order chi connectivity index (χ0) is 22.1.